The fourth-order valence-electron chi connectivity index (χ4n) is 3.71. The summed E-state index contributed by atoms with van der Waals surface area (Å²) in [5, 5.41) is 6.41. The lowest BCUT2D eigenvalue weighted by molar-refractivity contribution is -0.136. The third-order valence-electron chi connectivity index (χ3n) is 5.51. The molecule has 1 aliphatic rings. The van der Waals surface area contributed by atoms with Crippen molar-refractivity contribution in [1.29, 1.82) is 0 Å². The van der Waals surface area contributed by atoms with Gasteiger partial charge in [0, 0.05) is 31.6 Å². The minimum atomic E-state index is -3.04. The summed E-state index contributed by atoms with van der Waals surface area (Å²) in [6.45, 7) is 4.73. The van der Waals surface area contributed by atoms with Gasteiger partial charge in [-0.3, -0.25) is 4.79 Å². The highest BCUT2D eigenvalue weighted by molar-refractivity contribution is 14.0. The number of nitrogens with one attached hydrogen (secondary N) is 2. The second-order valence-electron chi connectivity index (χ2n) is 7.55. The number of nitrogens with zero attached hydrogens (tertiary/aromatic N) is 2. The molecule has 0 radical (unpaired) electrons. The van der Waals surface area contributed by atoms with Crippen molar-refractivity contribution in [2.24, 2.45) is 10.9 Å². The van der Waals surface area contributed by atoms with E-state index < -0.39 is 12.4 Å². The van der Waals surface area contributed by atoms with Gasteiger partial charge in [0.1, 0.15) is 11.6 Å². The Hall–Kier alpha value is -1.72. The first-order chi connectivity index (χ1) is 14.9. The molecule has 0 spiro atoms. The summed E-state index contributed by atoms with van der Waals surface area (Å²) in [7, 11) is 0. The molecular weight excluding hydrogens is 536 g/mol. The molecular formula is C22H34F3IN4O2. The van der Waals surface area contributed by atoms with E-state index in [1.807, 2.05) is 25.7 Å². The Morgan fingerprint density at radius 2 is 1.88 bits per heavy atom. The number of carbonyl (C=O) groups excluding carboxylic acids is 1. The molecule has 2 rings (SSSR count). The number of halogens is 4. The van der Waals surface area contributed by atoms with Crippen molar-refractivity contribution in [3.8, 4) is 5.75 Å². The van der Waals surface area contributed by atoms with Crippen LogP contribution in [-0.2, 0) is 11.3 Å². The summed E-state index contributed by atoms with van der Waals surface area (Å²) >= 11 is 0. The van der Waals surface area contributed by atoms with Gasteiger partial charge in [0.2, 0.25) is 5.91 Å². The van der Waals surface area contributed by atoms with Crippen LogP contribution in [-0.4, -0.2) is 49.1 Å². The summed E-state index contributed by atoms with van der Waals surface area (Å²) in [5.74, 6) is -0.101. The van der Waals surface area contributed by atoms with Crippen LogP contribution in [0.25, 0.3) is 0 Å². The average molecular weight is 570 g/mol. The van der Waals surface area contributed by atoms with E-state index in [0.29, 0.717) is 25.6 Å². The second-order valence-corrected chi connectivity index (χ2v) is 7.55. The lowest BCUT2D eigenvalue weighted by Gasteiger charge is -2.34. The Bertz CT molecular complexity index is 740. The lowest BCUT2D eigenvalue weighted by atomic mass is 9.98. The Labute approximate surface area is 205 Å². The predicted octanol–water partition coefficient (Wildman–Crippen LogP) is 4.53. The van der Waals surface area contributed by atoms with Crippen LogP contribution in [0.2, 0.25) is 0 Å². The maximum absolute atomic E-state index is 14.2. The zero-order valence-corrected chi connectivity index (χ0v) is 21.2. The summed E-state index contributed by atoms with van der Waals surface area (Å²) < 4.78 is 43.8. The molecule has 1 saturated heterocycles. The van der Waals surface area contributed by atoms with Crippen molar-refractivity contribution in [2.45, 2.75) is 65.7 Å². The third kappa shape index (κ3) is 8.32. The number of piperidine rings is 1. The summed E-state index contributed by atoms with van der Waals surface area (Å²) in [5.41, 5.74) is -0.0226. The molecule has 1 aromatic rings. The summed E-state index contributed by atoms with van der Waals surface area (Å²) in [4.78, 5) is 18.8. The molecule has 32 heavy (non-hydrogen) atoms. The number of aliphatic imine (C=N–C) groups is 1. The molecule has 182 valence electrons. The van der Waals surface area contributed by atoms with Gasteiger partial charge in [0.05, 0.1) is 12.1 Å². The Morgan fingerprint density at radius 1 is 1.22 bits per heavy atom. The van der Waals surface area contributed by atoms with Crippen molar-refractivity contribution < 1.29 is 22.7 Å². The summed E-state index contributed by atoms with van der Waals surface area (Å²) in [6, 6.07) is 3.92. The quantitative estimate of drug-likeness (QED) is 0.260. The molecule has 10 heteroatoms. The van der Waals surface area contributed by atoms with E-state index in [0.717, 1.165) is 25.7 Å². The first kappa shape index (κ1) is 28.3. The molecule has 1 aromatic carbocycles. The van der Waals surface area contributed by atoms with E-state index in [2.05, 4.69) is 20.4 Å². The third-order valence-corrected chi connectivity index (χ3v) is 5.51. The molecule has 0 unspecified atom stereocenters. The highest BCUT2D eigenvalue weighted by atomic mass is 127. The zero-order valence-electron chi connectivity index (χ0n) is 18.9. The number of amides is 1. The van der Waals surface area contributed by atoms with Crippen LogP contribution in [0.4, 0.5) is 13.2 Å². The van der Waals surface area contributed by atoms with E-state index in [-0.39, 0.29) is 59.7 Å². The first-order valence-corrected chi connectivity index (χ1v) is 10.9. The molecule has 1 amide bonds. The predicted molar refractivity (Wildman–Crippen MR) is 130 cm³/mol. The first-order valence-electron chi connectivity index (χ1n) is 10.9. The number of hydrogen-bond acceptors (Lipinski definition) is 3. The number of hydrogen-bond donors (Lipinski definition) is 2. The molecule has 1 fully saturated rings. The normalized spacial score (nSPS) is 15.0. The monoisotopic (exact) mass is 570 g/mol. The molecule has 0 aromatic heterocycles. The van der Waals surface area contributed by atoms with E-state index in [9.17, 15) is 18.0 Å². The van der Waals surface area contributed by atoms with Crippen molar-refractivity contribution in [3.63, 3.8) is 0 Å². The minimum Gasteiger partial charge on any atom is -0.434 e. The molecule has 2 N–H and O–H groups in total. The van der Waals surface area contributed by atoms with Gasteiger partial charge >= 0.3 is 6.61 Å². The fraction of sp³-hybridized carbons (Fsp3) is 0.636. The highest BCUT2D eigenvalue weighted by Gasteiger charge is 2.27. The van der Waals surface area contributed by atoms with Crippen LogP contribution in [0, 0.1) is 11.7 Å². The van der Waals surface area contributed by atoms with E-state index >= 15 is 0 Å². The van der Waals surface area contributed by atoms with Gasteiger partial charge in [0.25, 0.3) is 0 Å². The van der Waals surface area contributed by atoms with Crippen LogP contribution in [0.15, 0.2) is 23.2 Å². The van der Waals surface area contributed by atoms with Gasteiger partial charge in [-0.1, -0.05) is 19.9 Å². The van der Waals surface area contributed by atoms with Gasteiger partial charge in [-0.05, 0) is 44.7 Å². The summed E-state index contributed by atoms with van der Waals surface area (Å²) in [6.07, 6.45) is 3.24. The molecule has 0 saturated carbocycles. The smallest absolute Gasteiger partial charge is 0.387 e. The number of guanidine groups is 1. The molecule has 1 heterocycles. The van der Waals surface area contributed by atoms with Crippen LogP contribution in [0.5, 0.6) is 5.75 Å². The second kappa shape index (κ2) is 14.4. The van der Waals surface area contributed by atoms with Gasteiger partial charge < -0.3 is 20.3 Å². The van der Waals surface area contributed by atoms with Gasteiger partial charge in [-0.15, -0.1) is 24.0 Å². The number of rotatable bonds is 9. The topological polar surface area (TPSA) is 66.0 Å². The lowest BCUT2D eigenvalue weighted by Crippen LogP contribution is -2.50. The van der Waals surface area contributed by atoms with Gasteiger partial charge in [-0.25, -0.2) is 9.38 Å². The van der Waals surface area contributed by atoms with Crippen LogP contribution < -0.4 is 15.4 Å². The van der Waals surface area contributed by atoms with Gasteiger partial charge in [0.15, 0.2) is 5.96 Å². The maximum atomic E-state index is 14.2. The molecule has 0 aliphatic carbocycles. The number of alkyl halides is 2. The number of ether oxygens (including phenoxy) is 1. The Morgan fingerprint density at radius 3 is 2.44 bits per heavy atom. The highest BCUT2D eigenvalue weighted by Crippen LogP contribution is 2.24. The van der Waals surface area contributed by atoms with Crippen molar-refractivity contribution in [2.75, 3.05) is 19.6 Å². The van der Waals surface area contributed by atoms with Crippen molar-refractivity contribution >= 4 is 35.8 Å². The molecule has 6 nitrogen and oxygen atoms in total. The van der Waals surface area contributed by atoms with E-state index in [4.69, 9.17) is 0 Å². The van der Waals surface area contributed by atoms with E-state index in [1.54, 1.807) is 0 Å². The van der Waals surface area contributed by atoms with Gasteiger partial charge in [-0.2, -0.15) is 8.78 Å². The van der Waals surface area contributed by atoms with Crippen molar-refractivity contribution in [3.05, 3.63) is 29.6 Å². The SMILES string of the molecule is CCNC(=NCc1c(F)cccc1OC(F)F)NC1CCN(C(=O)C(CC)CC)CC1.I. The number of likely N-dealkylation sites (tertiary alicyclic amines) is 1. The molecule has 1 aliphatic heterocycles. The van der Waals surface area contributed by atoms with Crippen LogP contribution in [0.1, 0.15) is 52.0 Å². The zero-order chi connectivity index (χ0) is 22.8. The van der Waals surface area contributed by atoms with Crippen LogP contribution in [0.3, 0.4) is 0 Å². The standard InChI is InChI=1S/C22H33F3N4O2.HI/c1-4-15(5-2)20(30)29-12-10-16(11-13-29)28-22(26-6-3)27-14-17-18(23)8-7-9-19(17)31-21(24)25;/h7-9,15-16,21H,4-6,10-14H2,1-3H3,(H2,26,27,28);1H. The minimum absolute atomic E-state index is 0. The Kier molecular flexibility index (Phi) is 12.8. The number of benzene rings is 1. The average Bonchev–Trinajstić information content (AvgIpc) is 2.74. The van der Waals surface area contributed by atoms with E-state index in [1.165, 1.54) is 18.2 Å². The fourth-order valence-corrected chi connectivity index (χ4v) is 3.71. The maximum Gasteiger partial charge on any atom is 0.387 e. The molecule has 0 bridgehead atoms. The largest absolute Gasteiger partial charge is 0.434 e. The Balaban J connectivity index is 0.00000512. The van der Waals surface area contributed by atoms with Crippen molar-refractivity contribution in [1.82, 2.24) is 15.5 Å². The molecule has 0 atom stereocenters. The number of carbonyl (C=O) groups is 1. The van der Waals surface area contributed by atoms with Crippen LogP contribution >= 0.6 is 24.0 Å².